The van der Waals surface area contributed by atoms with E-state index < -0.39 is 5.91 Å². The van der Waals surface area contributed by atoms with Gasteiger partial charge in [-0.2, -0.15) is 10.3 Å². The third-order valence-electron chi connectivity index (χ3n) is 6.31. The van der Waals surface area contributed by atoms with Crippen LogP contribution in [0.2, 0.25) is 0 Å². The first-order chi connectivity index (χ1) is 16.9. The van der Waals surface area contributed by atoms with E-state index in [-0.39, 0.29) is 22.7 Å². The van der Waals surface area contributed by atoms with E-state index in [1.807, 2.05) is 32.9 Å². The lowest BCUT2D eigenvalue weighted by molar-refractivity contribution is 0.0952. The molecule has 176 valence electrons. The molecule has 5 rings (SSSR count). The van der Waals surface area contributed by atoms with Crippen LogP contribution in [0.5, 0.6) is 0 Å². The van der Waals surface area contributed by atoms with E-state index in [0.29, 0.717) is 35.4 Å². The van der Waals surface area contributed by atoms with E-state index in [1.165, 1.54) is 10.5 Å². The van der Waals surface area contributed by atoms with Gasteiger partial charge in [0.2, 0.25) is 0 Å². The molecule has 1 aliphatic rings. The van der Waals surface area contributed by atoms with E-state index >= 15 is 0 Å². The average molecular weight is 468 g/mol. The maximum atomic E-state index is 13.4. The van der Waals surface area contributed by atoms with Crippen molar-refractivity contribution in [2.75, 3.05) is 6.61 Å². The zero-order valence-corrected chi connectivity index (χ0v) is 19.9. The highest BCUT2D eigenvalue weighted by Gasteiger charge is 2.21. The molecule has 1 aromatic carbocycles. The Morgan fingerprint density at radius 3 is 2.66 bits per heavy atom. The molecule has 8 heteroatoms. The van der Waals surface area contributed by atoms with Crippen LogP contribution < -0.4 is 11.0 Å². The third-order valence-corrected chi connectivity index (χ3v) is 6.31. The van der Waals surface area contributed by atoms with Crippen LogP contribution in [0.1, 0.15) is 45.5 Å². The number of rotatable bonds is 3. The number of carbonyl (C=O) groups is 1. The molecule has 0 saturated carbocycles. The molecule has 1 aliphatic heterocycles. The highest BCUT2D eigenvalue weighted by atomic mass is 16.5. The van der Waals surface area contributed by atoms with Crippen molar-refractivity contribution in [2.45, 2.75) is 46.3 Å². The van der Waals surface area contributed by atoms with Gasteiger partial charge in [-0.25, -0.2) is 4.98 Å². The number of fused-ring (bicyclic) bond motifs is 2. The summed E-state index contributed by atoms with van der Waals surface area (Å²) < 4.78 is 9.04. The fraction of sp³-hybridized carbons (Fsp3) is 0.296. The number of ether oxygens (including phenoxy) is 1. The summed E-state index contributed by atoms with van der Waals surface area (Å²) in [6.07, 6.45) is 3.30. The van der Waals surface area contributed by atoms with Gasteiger partial charge in [0.05, 0.1) is 23.6 Å². The quantitative estimate of drug-likeness (QED) is 0.430. The first-order valence-electron chi connectivity index (χ1n) is 11.6. The maximum Gasteiger partial charge on any atom is 0.279 e. The minimum Gasteiger partial charge on any atom is -0.376 e. The molecular weight excluding hydrogens is 442 g/mol. The zero-order valence-electron chi connectivity index (χ0n) is 19.9. The summed E-state index contributed by atoms with van der Waals surface area (Å²) in [6.45, 7) is 6.70. The molecule has 1 saturated heterocycles. The predicted molar refractivity (Wildman–Crippen MR) is 131 cm³/mol. The van der Waals surface area contributed by atoms with Crippen LogP contribution >= 0.6 is 0 Å². The first-order valence-corrected chi connectivity index (χ1v) is 11.6. The summed E-state index contributed by atoms with van der Waals surface area (Å²) >= 11 is 0. The van der Waals surface area contributed by atoms with E-state index in [0.717, 1.165) is 29.5 Å². The molecule has 0 radical (unpaired) electrons. The van der Waals surface area contributed by atoms with Crippen molar-refractivity contribution < 1.29 is 9.53 Å². The number of benzene rings is 1. The van der Waals surface area contributed by atoms with Crippen molar-refractivity contribution in [3.63, 3.8) is 0 Å². The lowest BCUT2D eigenvalue weighted by Crippen LogP contribution is -2.33. The van der Waals surface area contributed by atoms with Gasteiger partial charge in [-0.15, -0.1) is 0 Å². The van der Waals surface area contributed by atoms with Crippen molar-refractivity contribution in [1.82, 2.24) is 14.0 Å². The molecule has 0 aliphatic carbocycles. The number of pyridine rings is 2. The highest BCUT2D eigenvalue weighted by molar-refractivity contribution is 5.95. The molecule has 1 amide bonds. The number of carbonyl (C=O) groups excluding carboxylic acids is 1. The largest absolute Gasteiger partial charge is 0.376 e. The number of hydrogen-bond donors (Lipinski definition) is 0. The lowest BCUT2D eigenvalue weighted by Gasteiger charge is -2.17. The van der Waals surface area contributed by atoms with E-state index in [2.05, 4.69) is 11.1 Å². The normalized spacial score (nSPS) is 16.2. The molecule has 0 bridgehead atoms. The molecule has 0 N–H and O–H groups in total. The SMILES string of the molecule is Cc1cc(C)cc(C(=O)N=c2c(C#N)cc3c(=O)n4cccc(C)c4nc3n2CC2CCCO2)c1. The Hall–Kier alpha value is -4.09. The van der Waals surface area contributed by atoms with E-state index in [9.17, 15) is 14.9 Å². The number of aryl methyl sites for hydroxylation is 3. The number of hydrogen-bond acceptors (Lipinski definition) is 5. The monoisotopic (exact) mass is 467 g/mol. The molecule has 8 nitrogen and oxygen atoms in total. The Balaban J connectivity index is 1.85. The van der Waals surface area contributed by atoms with Gasteiger partial charge in [-0.3, -0.25) is 14.0 Å². The summed E-state index contributed by atoms with van der Waals surface area (Å²) in [7, 11) is 0. The predicted octanol–water partition coefficient (Wildman–Crippen LogP) is 3.37. The van der Waals surface area contributed by atoms with Gasteiger partial charge in [0.15, 0.2) is 5.49 Å². The second-order valence-electron chi connectivity index (χ2n) is 9.07. The van der Waals surface area contributed by atoms with Crippen molar-refractivity contribution in [2.24, 2.45) is 4.99 Å². The van der Waals surface area contributed by atoms with Gasteiger partial charge in [0, 0.05) is 18.4 Å². The summed E-state index contributed by atoms with van der Waals surface area (Å²) in [6, 6.07) is 12.8. The maximum absolute atomic E-state index is 13.4. The van der Waals surface area contributed by atoms with Crippen molar-refractivity contribution in [3.05, 3.63) is 86.3 Å². The standard InChI is InChI=1S/C27H25N5O3/c1-16-10-17(2)12-19(11-16)26(33)30-24-20(14-28)13-22-25(32(24)15-21-7-5-9-35-21)29-23-18(3)6-4-8-31(23)27(22)34/h4,6,8,10-13,21H,5,7,9,15H2,1-3H3. The fourth-order valence-electron chi connectivity index (χ4n) is 4.71. The van der Waals surface area contributed by atoms with Crippen LogP contribution in [0, 0.1) is 32.1 Å². The third kappa shape index (κ3) is 4.15. The van der Waals surface area contributed by atoms with Gasteiger partial charge in [0.1, 0.15) is 17.4 Å². The Kier molecular flexibility index (Phi) is 5.79. The molecule has 3 aromatic heterocycles. The van der Waals surface area contributed by atoms with Gasteiger partial charge in [-0.05, 0) is 63.4 Å². The fourth-order valence-corrected chi connectivity index (χ4v) is 4.71. The number of nitriles is 1. The van der Waals surface area contributed by atoms with Crippen molar-refractivity contribution in [1.29, 1.82) is 5.26 Å². The van der Waals surface area contributed by atoms with E-state index in [1.54, 1.807) is 29.0 Å². The Morgan fingerprint density at radius 1 is 1.20 bits per heavy atom. The number of amides is 1. The Labute approximate surface area is 201 Å². The van der Waals surface area contributed by atoms with Crippen LogP contribution in [-0.4, -0.2) is 32.6 Å². The van der Waals surface area contributed by atoms with Crippen LogP contribution in [-0.2, 0) is 11.3 Å². The molecule has 4 aromatic rings. The molecule has 35 heavy (non-hydrogen) atoms. The molecule has 0 spiro atoms. The minimum absolute atomic E-state index is 0.125. The van der Waals surface area contributed by atoms with E-state index in [4.69, 9.17) is 9.72 Å². The number of nitrogens with zero attached hydrogens (tertiary/aromatic N) is 5. The second-order valence-corrected chi connectivity index (χ2v) is 9.07. The topological polar surface area (TPSA) is 102 Å². The first kappa shape index (κ1) is 22.7. The van der Waals surface area contributed by atoms with Gasteiger partial charge < -0.3 is 9.30 Å². The average Bonchev–Trinajstić information content (AvgIpc) is 3.34. The summed E-state index contributed by atoms with van der Waals surface area (Å²) in [5.41, 5.74) is 4.12. The molecule has 1 atom stereocenters. The lowest BCUT2D eigenvalue weighted by atomic mass is 10.1. The summed E-state index contributed by atoms with van der Waals surface area (Å²) in [5, 5.41) is 10.3. The Bertz CT molecular complexity index is 1650. The number of aromatic nitrogens is 3. The van der Waals surface area contributed by atoms with Gasteiger partial charge >= 0.3 is 0 Å². The van der Waals surface area contributed by atoms with Crippen molar-refractivity contribution >= 4 is 22.6 Å². The molecule has 1 unspecified atom stereocenters. The molecular formula is C27H25N5O3. The van der Waals surface area contributed by atoms with Crippen LogP contribution in [0.25, 0.3) is 16.7 Å². The zero-order chi connectivity index (χ0) is 24.7. The summed E-state index contributed by atoms with van der Waals surface area (Å²) in [4.78, 5) is 35.9. The van der Waals surface area contributed by atoms with Crippen LogP contribution in [0.3, 0.4) is 0 Å². The molecule has 1 fully saturated rings. The van der Waals surface area contributed by atoms with Gasteiger partial charge in [-0.1, -0.05) is 23.3 Å². The van der Waals surface area contributed by atoms with Crippen molar-refractivity contribution in [3.8, 4) is 6.07 Å². The molecule has 4 heterocycles. The van der Waals surface area contributed by atoms with Crippen LogP contribution in [0.15, 0.2) is 52.4 Å². The minimum atomic E-state index is -0.456. The summed E-state index contributed by atoms with van der Waals surface area (Å²) in [5.74, 6) is -0.456. The van der Waals surface area contributed by atoms with Gasteiger partial charge in [0.25, 0.3) is 11.5 Å². The van der Waals surface area contributed by atoms with Crippen LogP contribution in [0.4, 0.5) is 0 Å². The smallest absolute Gasteiger partial charge is 0.279 e. The second kappa shape index (κ2) is 8.93. The highest BCUT2D eigenvalue weighted by Crippen LogP contribution is 2.18. The Morgan fingerprint density at radius 2 is 1.97 bits per heavy atom.